The van der Waals surface area contributed by atoms with E-state index in [1.807, 2.05) is 0 Å². The van der Waals surface area contributed by atoms with Crippen molar-refractivity contribution in [1.82, 2.24) is 0 Å². The van der Waals surface area contributed by atoms with Gasteiger partial charge in [0.2, 0.25) is 0 Å². The second kappa shape index (κ2) is 2.20. The fourth-order valence-electron chi connectivity index (χ4n) is 0. The first-order valence-electron chi connectivity index (χ1n) is 1.04. The molecule has 3 nitrogen and oxygen atoms in total. The van der Waals surface area contributed by atoms with Crippen molar-refractivity contribution in [2.24, 2.45) is 0 Å². The van der Waals surface area contributed by atoms with Crippen molar-refractivity contribution in [3.8, 4) is 0 Å². The molecule has 0 spiro atoms. The molecular weight excluding hydrogens is 133 g/mol. The summed E-state index contributed by atoms with van der Waals surface area (Å²) in [5, 5.41) is 0. The predicted octanol–water partition coefficient (Wildman–Crippen LogP) is -0.960. The van der Waals surface area contributed by atoms with E-state index in [4.69, 9.17) is 4.13 Å². The number of hydrogen-bond acceptors (Lipinski definition) is 2. The van der Waals surface area contributed by atoms with Crippen LogP contribution < -0.4 is 0 Å². The van der Waals surface area contributed by atoms with Gasteiger partial charge in [0.1, 0.15) is 0 Å². The van der Waals surface area contributed by atoms with Gasteiger partial charge in [0.15, 0.2) is 0 Å². The van der Waals surface area contributed by atoms with Crippen LogP contribution in [0.3, 0.4) is 0 Å². The van der Waals surface area contributed by atoms with Gasteiger partial charge in [0.25, 0.3) is 0 Å². The Morgan fingerprint density at radius 1 is 2.00 bits per heavy atom. The molecule has 0 heterocycles. The Balaban J connectivity index is 2.85. The quantitative estimate of drug-likeness (QED) is 0.473. The van der Waals surface area contributed by atoms with Gasteiger partial charge < -0.3 is 0 Å². The van der Waals surface area contributed by atoms with Gasteiger partial charge in [0.05, 0.1) is 0 Å². The van der Waals surface area contributed by atoms with Crippen LogP contribution in [-0.4, -0.2) is 26.2 Å². The van der Waals surface area contributed by atoms with Gasteiger partial charge in [-0.3, -0.25) is 0 Å². The molecule has 0 aliphatic heterocycles. The van der Waals surface area contributed by atoms with Gasteiger partial charge in [-0.2, -0.15) is 0 Å². The molecule has 0 aromatic rings. The Morgan fingerprint density at radius 2 is 2.20 bits per heavy atom. The molecule has 0 aliphatic rings. The summed E-state index contributed by atoms with van der Waals surface area (Å²) >= 11 is -3.11. The van der Waals surface area contributed by atoms with Gasteiger partial charge in [-0.05, 0) is 0 Å². The monoisotopic (exact) mass is 138 g/mol. The van der Waals surface area contributed by atoms with E-state index in [9.17, 15) is 3.78 Å². The second-order valence-electron chi connectivity index (χ2n) is 0.470. The predicted molar refractivity (Wildman–Crippen MR) is 15.7 cm³/mol. The third kappa shape index (κ3) is 3.94. The maximum atomic E-state index is 9.40. The van der Waals surface area contributed by atoms with Crippen molar-refractivity contribution < 1.29 is 11.7 Å². The van der Waals surface area contributed by atoms with Crippen molar-refractivity contribution in [3.63, 3.8) is 0 Å². The summed E-state index contributed by atoms with van der Waals surface area (Å²) in [7, 11) is 1.21. The summed E-state index contributed by atoms with van der Waals surface area (Å²) < 4.78 is 21.1. The van der Waals surface area contributed by atoms with Crippen molar-refractivity contribution in [1.29, 1.82) is 0 Å². The van der Waals surface area contributed by atoms with Gasteiger partial charge >= 0.3 is 33.7 Å². The van der Waals surface area contributed by atoms with E-state index >= 15 is 0 Å². The van der Waals surface area contributed by atoms with E-state index in [-0.39, 0.29) is 0 Å². The topological polar surface area (TPSA) is 46.5 Å². The zero-order valence-corrected chi connectivity index (χ0v) is 4.86. The van der Waals surface area contributed by atoms with Crippen LogP contribution in [0.2, 0.25) is 0 Å². The Bertz CT molecular complexity index is 42.2. The average molecular weight is 137 g/mol. The van der Waals surface area contributed by atoms with Crippen LogP contribution in [0, 0.1) is 0 Å². The molecule has 0 unspecified atom stereocenters. The molecule has 0 saturated heterocycles. The molecule has 1 N–H and O–H groups in total. The van der Waals surface area contributed by atoms with E-state index in [0.29, 0.717) is 0 Å². The SMILES string of the molecule is C[O][Ge](=[O])[OH]. The van der Waals surface area contributed by atoms with Crippen LogP contribution in [0.25, 0.3) is 0 Å². The second-order valence-corrected chi connectivity index (χ2v) is 2.44. The Hall–Kier alpha value is -0.0571. The molecule has 4 heteroatoms. The molecular formula is CH4GeO3. The number of rotatable bonds is 1. The molecule has 0 amide bonds. The molecule has 5 heavy (non-hydrogen) atoms. The molecule has 0 radical (unpaired) electrons. The molecule has 0 fully saturated rings. The van der Waals surface area contributed by atoms with Crippen molar-refractivity contribution in [2.75, 3.05) is 7.11 Å². The minimum absolute atomic E-state index is 1.21. The van der Waals surface area contributed by atoms with Crippen molar-refractivity contribution >= 4 is 15.0 Å². The van der Waals surface area contributed by atoms with E-state index in [2.05, 4.69) is 3.76 Å². The summed E-state index contributed by atoms with van der Waals surface area (Å²) in [5.74, 6) is 0. The fourth-order valence-corrected chi connectivity index (χ4v) is 0. The standard InChI is InChI=1S/CH4GeO3/c1-5-2(3)4/h3H,1H3. The molecule has 0 atom stereocenters. The molecule has 0 saturated carbocycles. The Morgan fingerprint density at radius 3 is 2.20 bits per heavy atom. The Kier molecular flexibility index (Phi) is 2.17. The van der Waals surface area contributed by atoms with E-state index < -0.39 is 15.0 Å². The van der Waals surface area contributed by atoms with Gasteiger partial charge in [-0.15, -0.1) is 0 Å². The summed E-state index contributed by atoms with van der Waals surface area (Å²) in [5.41, 5.74) is 0. The van der Waals surface area contributed by atoms with Crippen molar-refractivity contribution in [3.05, 3.63) is 0 Å². The van der Waals surface area contributed by atoms with Gasteiger partial charge in [0, 0.05) is 0 Å². The van der Waals surface area contributed by atoms with Gasteiger partial charge in [-0.25, -0.2) is 0 Å². The third-order valence-electron chi connectivity index (χ3n) is 0.175. The summed E-state index contributed by atoms with van der Waals surface area (Å²) in [4.78, 5) is 0. The van der Waals surface area contributed by atoms with Gasteiger partial charge in [-0.1, -0.05) is 0 Å². The Labute approximate surface area is 34.6 Å². The zero-order chi connectivity index (χ0) is 4.28. The fraction of sp³-hybridized carbons (Fsp3) is 1.00. The van der Waals surface area contributed by atoms with Crippen LogP contribution in [0.1, 0.15) is 0 Å². The van der Waals surface area contributed by atoms with Crippen molar-refractivity contribution in [2.45, 2.75) is 0 Å². The van der Waals surface area contributed by atoms with Crippen LogP contribution in [0.4, 0.5) is 0 Å². The normalized spacial score (nSPS) is 6.60. The first-order valence-corrected chi connectivity index (χ1v) is 3.69. The zero-order valence-electron chi connectivity index (χ0n) is 2.76. The van der Waals surface area contributed by atoms with Crippen LogP contribution in [0.15, 0.2) is 0 Å². The molecule has 0 aliphatic carbocycles. The average Bonchev–Trinajstić information content (AvgIpc) is 1.38. The summed E-state index contributed by atoms with van der Waals surface area (Å²) in [6.45, 7) is 0. The molecule has 0 aromatic carbocycles. The third-order valence-corrected chi connectivity index (χ3v) is 0.907. The van der Waals surface area contributed by atoms with E-state index in [0.717, 1.165) is 0 Å². The van der Waals surface area contributed by atoms with E-state index in [1.54, 1.807) is 0 Å². The first-order chi connectivity index (χ1) is 2.27. The summed E-state index contributed by atoms with van der Waals surface area (Å²) in [6.07, 6.45) is 0. The summed E-state index contributed by atoms with van der Waals surface area (Å²) in [6, 6.07) is 0. The first kappa shape index (κ1) is 4.94. The van der Waals surface area contributed by atoms with Crippen LogP contribution >= 0.6 is 0 Å². The molecule has 0 rings (SSSR count). The minimum atomic E-state index is -3.11. The molecule has 0 bridgehead atoms. The van der Waals surface area contributed by atoms with Crippen LogP contribution in [-0.2, 0) is 7.54 Å². The number of hydrogen-bond donors (Lipinski definition) is 1. The maximum absolute atomic E-state index is 9.40. The van der Waals surface area contributed by atoms with Crippen LogP contribution in [0.5, 0.6) is 0 Å². The van der Waals surface area contributed by atoms with E-state index in [1.165, 1.54) is 7.11 Å². The molecule has 0 aromatic heterocycles. The molecule has 30 valence electrons.